The number of H-pyrrole nitrogens is 1. The largest absolute Gasteiger partial charge is 0.465 e. The summed E-state index contributed by atoms with van der Waals surface area (Å²) in [5, 5.41) is 1.01. The molecular formula is C11H8N2O2S. The number of thiazole rings is 1. The van der Waals surface area contributed by atoms with E-state index < -0.39 is 0 Å². The van der Waals surface area contributed by atoms with Crippen molar-refractivity contribution in [1.29, 1.82) is 0 Å². The quantitative estimate of drug-likeness (QED) is 0.656. The fourth-order valence-electron chi connectivity index (χ4n) is 1.74. The van der Waals surface area contributed by atoms with Crippen LogP contribution in [0, 0.1) is 0 Å². The number of hydrogen-bond donors (Lipinski definition) is 1. The Hall–Kier alpha value is -1.88. The zero-order valence-electron chi connectivity index (χ0n) is 8.48. The van der Waals surface area contributed by atoms with Crippen molar-refractivity contribution in [2.75, 3.05) is 7.11 Å². The fraction of sp³-hybridized carbons (Fsp3) is 0.0909. The van der Waals surface area contributed by atoms with Gasteiger partial charge in [0.1, 0.15) is 5.65 Å². The smallest absolute Gasteiger partial charge is 0.337 e. The summed E-state index contributed by atoms with van der Waals surface area (Å²) >= 11 is 1.56. The Balaban J connectivity index is 2.32. The number of methoxy groups -OCH3 is 1. The first-order chi connectivity index (χ1) is 7.79. The van der Waals surface area contributed by atoms with Gasteiger partial charge < -0.3 is 9.72 Å². The molecule has 2 aromatic heterocycles. The van der Waals surface area contributed by atoms with Gasteiger partial charge in [0, 0.05) is 10.9 Å². The van der Waals surface area contributed by atoms with Gasteiger partial charge in [-0.3, -0.25) is 0 Å². The maximum Gasteiger partial charge on any atom is 0.337 e. The highest BCUT2D eigenvalue weighted by molar-refractivity contribution is 7.17. The zero-order chi connectivity index (χ0) is 11.1. The minimum absolute atomic E-state index is 0.319. The molecule has 16 heavy (non-hydrogen) atoms. The van der Waals surface area contributed by atoms with E-state index in [1.807, 2.05) is 12.1 Å². The Labute approximate surface area is 94.9 Å². The normalized spacial score (nSPS) is 11.1. The first-order valence-corrected chi connectivity index (χ1v) is 5.61. The van der Waals surface area contributed by atoms with Gasteiger partial charge in [0.05, 0.1) is 22.9 Å². The molecule has 0 saturated carbocycles. The van der Waals surface area contributed by atoms with Crippen LogP contribution in [0.2, 0.25) is 0 Å². The van der Waals surface area contributed by atoms with E-state index in [1.165, 1.54) is 7.11 Å². The average molecular weight is 232 g/mol. The molecule has 0 atom stereocenters. The van der Waals surface area contributed by atoms with Crippen molar-refractivity contribution >= 4 is 38.6 Å². The van der Waals surface area contributed by atoms with Crippen molar-refractivity contribution in [1.82, 2.24) is 9.97 Å². The molecule has 0 fully saturated rings. The molecule has 2 heterocycles. The van der Waals surface area contributed by atoms with E-state index in [-0.39, 0.29) is 5.97 Å². The van der Waals surface area contributed by atoms with Crippen molar-refractivity contribution in [3.8, 4) is 0 Å². The number of nitrogens with one attached hydrogen (secondary N) is 1. The monoisotopic (exact) mass is 232 g/mol. The molecular weight excluding hydrogens is 224 g/mol. The molecule has 0 amide bonds. The molecule has 0 spiro atoms. The molecule has 0 aliphatic carbocycles. The molecule has 1 aromatic carbocycles. The van der Waals surface area contributed by atoms with E-state index in [0.29, 0.717) is 5.56 Å². The lowest BCUT2D eigenvalue weighted by atomic mass is 10.1. The number of fused-ring (bicyclic) bond motifs is 3. The van der Waals surface area contributed by atoms with Crippen molar-refractivity contribution in [3.63, 3.8) is 0 Å². The molecule has 0 radical (unpaired) electrons. The van der Waals surface area contributed by atoms with Crippen LogP contribution in [0.15, 0.2) is 23.7 Å². The van der Waals surface area contributed by atoms with Crippen molar-refractivity contribution in [3.05, 3.63) is 29.3 Å². The number of aromatic amines is 1. The highest BCUT2D eigenvalue weighted by Crippen LogP contribution is 2.28. The number of esters is 1. The number of carbonyl (C=O) groups excluding carboxylic acids is 1. The molecule has 3 rings (SSSR count). The Morgan fingerprint density at radius 1 is 1.50 bits per heavy atom. The third-order valence-electron chi connectivity index (χ3n) is 2.51. The van der Waals surface area contributed by atoms with Crippen LogP contribution in [0.3, 0.4) is 0 Å². The second kappa shape index (κ2) is 3.31. The number of hydrogen-bond acceptors (Lipinski definition) is 4. The lowest BCUT2D eigenvalue weighted by molar-refractivity contribution is 0.0601. The Morgan fingerprint density at radius 2 is 2.38 bits per heavy atom. The van der Waals surface area contributed by atoms with Crippen LogP contribution in [0.5, 0.6) is 0 Å². The molecule has 4 nitrogen and oxygen atoms in total. The van der Waals surface area contributed by atoms with Gasteiger partial charge in [0.15, 0.2) is 0 Å². The highest BCUT2D eigenvalue weighted by Gasteiger charge is 2.10. The van der Waals surface area contributed by atoms with Gasteiger partial charge >= 0.3 is 5.97 Å². The summed E-state index contributed by atoms with van der Waals surface area (Å²) in [4.78, 5) is 18.8. The van der Waals surface area contributed by atoms with E-state index >= 15 is 0 Å². The lowest BCUT2D eigenvalue weighted by Crippen LogP contribution is -2.00. The second-order valence-electron chi connectivity index (χ2n) is 3.41. The van der Waals surface area contributed by atoms with Crippen molar-refractivity contribution in [2.24, 2.45) is 0 Å². The van der Waals surface area contributed by atoms with E-state index in [9.17, 15) is 4.79 Å². The van der Waals surface area contributed by atoms with Gasteiger partial charge in [0.2, 0.25) is 0 Å². The molecule has 0 aliphatic heterocycles. The SMILES string of the molecule is COC(=O)c1ccc2[nH]c3ncsc3c2c1. The average Bonchev–Trinajstić information content (AvgIpc) is 2.87. The van der Waals surface area contributed by atoms with Gasteiger partial charge in [0.25, 0.3) is 0 Å². The van der Waals surface area contributed by atoms with Crippen LogP contribution in [-0.4, -0.2) is 23.0 Å². The lowest BCUT2D eigenvalue weighted by Gasteiger charge is -1.98. The van der Waals surface area contributed by atoms with Gasteiger partial charge in [-0.05, 0) is 18.2 Å². The standard InChI is InChI=1S/C11H8N2O2S/c1-15-11(14)6-2-3-8-7(4-6)9-10(13-8)12-5-16-9/h2-5,13H,1H3. The summed E-state index contributed by atoms with van der Waals surface area (Å²) in [6.07, 6.45) is 0. The predicted molar refractivity (Wildman–Crippen MR) is 62.8 cm³/mol. The maximum absolute atomic E-state index is 11.4. The summed E-state index contributed by atoms with van der Waals surface area (Å²) in [6, 6.07) is 5.45. The summed E-state index contributed by atoms with van der Waals surface area (Å²) in [5.74, 6) is -0.319. The summed E-state index contributed by atoms with van der Waals surface area (Å²) < 4.78 is 5.76. The molecule has 1 N–H and O–H groups in total. The van der Waals surface area contributed by atoms with E-state index in [1.54, 1.807) is 22.9 Å². The molecule has 5 heteroatoms. The van der Waals surface area contributed by atoms with Crippen molar-refractivity contribution in [2.45, 2.75) is 0 Å². The summed E-state index contributed by atoms with van der Waals surface area (Å²) in [5.41, 5.74) is 4.19. The van der Waals surface area contributed by atoms with Crippen LogP contribution < -0.4 is 0 Å². The van der Waals surface area contributed by atoms with Gasteiger partial charge in [-0.15, -0.1) is 11.3 Å². The first kappa shape index (κ1) is 9.35. The topological polar surface area (TPSA) is 55.0 Å². The predicted octanol–water partition coefficient (Wildman–Crippen LogP) is 2.56. The zero-order valence-corrected chi connectivity index (χ0v) is 9.30. The molecule has 0 unspecified atom stereocenters. The number of aromatic nitrogens is 2. The minimum Gasteiger partial charge on any atom is -0.465 e. The van der Waals surface area contributed by atoms with E-state index in [0.717, 1.165) is 21.3 Å². The summed E-state index contributed by atoms with van der Waals surface area (Å²) in [6.45, 7) is 0. The van der Waals surface area contributed by atoms with Gasteiger partial charge in [-0.1, -0.05) is 0 Å². The number of ether oxygens (including phenoxy) is 1. The number of nitrogens with zero attached hydrogens (tertiary/aromatic N) is 1. The van der Waals surface area contributed by atoms with E-state index in [2.05, 4.69) is 9.97 Å². The molecule has 0 saturated heterocycles. The van der Waals surface area contributed by atoms with Gasteiger partial charge in [-0.2, -0.15) is 0 Å². The van der Waals surface area contributed by atoms with Crippen LogP contribution in [0.4, 0.5) is 0 Å². The number of rotatable bonds is 1. The van der Waals surface area contributed by atoms with Gasteiger partial charge in [-0.25, -0.2) is 9.78 Å². The van der Waals surface area contributed by atoms with Crippen molar-refractivity contribution < 1.29 is 9.53 Å². The molecule has 0 bridgehead atoms. The Morgan fingerprint density at radius 3 is 3.19 bits per heavy atom. The second-order valence-corrected chi connectivity index (χ2v) is 4.26. The highest BCUT2D eigenvalue weighted by atomic mass is 32.1. The Kier molecular flexibility index (Phi) is 1.94. The third kappa shape index (κ3) is 1.22. The van der Waals surface area contributed by atoms with E-state index in [4.69, 9.17) is 4.74 Å². The summed E-state index contributed by atoms with van der Waals surface area (Å²) in [7, 11) is 1.38. The minimum atomic E-state index is -0.319. The number of benzene rings is 1. The van der Waals surface area contributed by atoms with Crippen LogP contribution in [0.25, 0.3) is 21.3 Å². The Bertz CT molecular complexity index is 683. The third-order valence-corrected chi connectivity index (χ3v) is 3.37. The molecule has 0 aliphatic rings. The maximum atomic E-state index is 11.4. The molecule has 3 aromatic rings. The molecule has 80 valence electrons. The first-order valence-electron chi connectivity index (χ1n) is 4.73. The van der Waals surface area contributed by atoms with Crippen LogP contribution in [0.1, 0.15) is 10.4 Å². The fourth-order valence-corrected chi connectivity index (χ4v) is 2.51. The number of carbonyl (C=O) groups is 1. The van der Waals surface area contributed by atoms with Crippen LogP contribution >= 0.6 is 11.3 Å². The van der Waals surface area contributed by atoms with Crippen LogP contribution in [-0.2, 0) is 4.74 Å².